The van der Waals surface area contributed by atoms with Crippen molar-refractivity contribution in [3.05, 3.63) is 91.0 Å². The minimum absolute atomic E-state index is 0.524. The van der Waals surface area contributed by atoms with Gasteiger partial charge in [0, 0.05) is 0 Å². The van der Waals surface area contributed by atoms with Gasteiger partial charge >= 0.3 is 7.12 Å². The fourth-order valence-corrected chi connectivity index (χ4v) is 3.22. The standard InChI is InChI=1S/C22H17BO2/c24-23(25)22-15-19(17-9-5-2-6-10-17)14-20-13-18(11-12-21(20)22)16-7-3-1-4-8-16/h1-15,24-25H. The lowest BCUT2D eigenvalue weighted by Crippen LogP contribution is -2.30. The Balaban J connectivity index is 1.94. The van der Waals surface area contributed by atoms with Gasteiger partial charge < -0.3 is 10.0 Å². The van der Waals surface area contributed by atoms with E-state index in [4.69, 9.17) is 0 Å². The van der Waals surface area contributed by atoms with Crippen molar-refractivity contribution in [2.45, 2.75) is 0 Å². The highest BCUT2D eigenvalue weighted by Gasteiger charge is 2.17. The Morgan fingerprint density at radius 1 is 0.520 bits per heavy atom. The molecule has 120 valence electrons. The number of benzene rings is 4. The largest absolute Gasteiger partial charge is 0.489 e. The molecule has 4 aromatic carbocycles. The van der Waals surface area contributed by atoms with Gasteiger partial charge in [-0.3, -0.25) is 0 Å². The Bertz CT molecular complexity index is 1010. The van der Waals surface area contributed by atoms with E-state index in [1.165, 1.54) is 0 Å². The van der Waals surface area contributed by atoms with Crippen LogP contribution in [0.3, 0.4) is 0 Å². The summed E-state index contributed by atoms with van der Waals surface area (Å²) in [4.78, 5) is 0. The van der Waals surface area contributed by atoms with Crippen LogP contribution in [-0.4, -0.2) is 17.2 Å². The van der Waals surface area contributed by atoms with Crippen LogP contribution in [0.4, 0.5) is 0 Å². The first-order valence-electron chi connectivity index (χ1n) is 8.27. The van der Waals surface area contributed by atoms with Gasteiger partial charge in [-0.05, 0) is 50.6 Å². The third-order valence-corrected chi connectivity index (χ3v) is 4.48. The lowest BCUT2D eigenvalue weighted by molar-refractivity contribution is 0.426. The van der Waals surface area contributed by atoms with Crippen LogP contribution in [0.2, 0.25) is 0 Å². The molecular weight excluding hydrogens is 307 g/mol. The molecule has 0 aliphatic heterocycles. The normalized spacial score (nSPS) is 10.8. The maximum absolute atomic E-state index is 9.83. The maximum Gasteiger partial charge on any atom is 0.489 e. The predicted molar refractivity (Wildman–Crippen MR) is 105 cm³/mol. The zero-order valence-corrected chi connectivity index (χ0v) is 13.6. The first kappa shape index (κ1) is 15.6. The lowest BCUT2D eigenvalue weighted by Gasteiger charge is -2.12. The minimum Gasteiger partial charge on any atom is -0.423 e. The summed E-state index contributed by atoms with van der Waals surface area (Å²) < 4.78 is 0. The summed E-state index contributed by atoms with van der Waals surface area (Å²) in [7, 11) is -1.51. The Morgan fingerprint density at radius 3 is 1.68 bits per heavy atom. The van der Waals surface area contributed by atoms with Gasteiger partial charge in [-0.25, -0.2) is 0 Å². The molecule has 0 unspecified atom stereocenters. The van der Waals surface area contributed by atoms with Gasteiger partial charge in [0.05, 0.1) is 0 Å². The fraction of sp³-hybridized carbons (Fsp3) is 0. The van der Waals surface area contributed by atoms with E-state index >= 15 is 0 Å². The van der Waals surface area contributed by atoms with Gasteiger partial charge in [-0.2, -0.15) is 0 Å². The van der Waals surface area contributed by atoms with E-state index in [1.807, 2.05) is 66.7 Å². The molecule has 0 saturated heterocycles. The van der Waals surface area contributed by atoms with Crippen LogP contribution >= 0.6 is 0 Å². The molecule has 0 fully saturated rings. The topological polar surface area (TPSA) is 40.5 Å². The average Bonchev–Trinajstić information content (AvgIpc) is 2.68. The van der Waals surface area contributed by atoms with E-state index in [-0.39, 0.29) is 0 Å². The molecule has 4 rings (SSSR count). The van der Waals surface area contributed by atoms with E-state index < -0.39 is 7.12 Å². The quantitative estimate of drug-likeness (QED) is 0.562. The predicted octanol–water partition coefficient (Wildman–Crippen LogP) is 3.85. The summed E-state index contributed by atoms with van der Waals surface area (Å²) in [6, 6.07) is 30.2. The third-order valence-electron chi connectivity index (χ3n) is 4.48. The second kappa shape index (κ2) is 6.56. The van der Waals surface area contributed by atoms with Gasteiger partial charge in [0.25, 0.3) is 0 Å². The second-order valence-electron chi connectivity index (χ2n) is 6.11. The summed E-state index contributed by atoms with van der Waals surface area (Å²) >= 11 is 0. The van der Waals surface area contributed by atoms with Gasteiger partial charge in [0.2, 0.25) is 0 Å². The van der Waals surface area contributed by atoms with Crippen molar-refractivity contribution in [2.75, 3.05) is 0 Å². The molecule has 0 atom stereocenters. The van der Waals surface area contributed by atoms with Crippen LogP contribution in [0, 0.1) is 0 Å². The van der Waals surface area contributed by atoms with Crippen LogP contribution in [0.5, 0.6) is 0 Å². The molecule has 0 heterocycles. The molecule has 0 aromatic heterocycles. The number of rotatable bonds is 3. The van der Waals surface area contributed by atoms with Gasteiger partial charge in [0.1, 0.15) is 0 Å². The van der Waals surface area contributed by atoms with E-state index in [2.05, 4.69) is 24.3 Å². The molecule has 25 heavy (non-hydrogen) atoms. The molecule has 0 aliphatic rings. The smallest absolute Gasteiger partial charge is 0.423 e. The van der Waals surface area contributed by atoms with Gasteiger partial charge in [-0.1, -0.05) is 78.9 Å². The van der Waals surface area contributed by atoms with Crippen LogP contribution < -0.4 is 5.46 Å². The minimum atomic E-state index is -1.51. The molecule has 0 radical (unpaired) electrons. The number of hydrogen-bond acceptors (Lipinski definition) is 2. The maximum atomic E-state index is 9.83. The molecule has 0 bridgehead atoms. The first-order chi connectivity index (χ1) is 12.2. The average molecular weight is 324 g/mol. The van der Waals surface area contributed by atoms with E-state index in [9.17, 15) is 10.0 Å². The molecule has 0 aliphatic carbocycles. The van der Waals surface area contributed by atoms with Crippen molar-refractivity contribution < 1.29 is 10.0 Å². The van der Waals surface area contributed by atoms with Crippen LogP contribution in [0.25, 0.3) is 33.0 Å². The molecule has 2 nitrogen and oxygen atoms in total. The Kier molecular flexibility index (Phi) is 4.10. The highest BCUT2D eigenvalue weighted by atomic mass is 16.4. The molecule has 0 amide bonds. The van der Waals surface area contributed by atoms with Crippen LogP contribution in [-0.2, 0) is 0 Å². The second-order valence-corrected chi connectivity index (χ2v) is 6.11. The van der Waals surface area contributed by atoms with E-state index in [0.29, 0.717) is 5.46 Å². The monoisotopic (exact) mass is 324 g/mol. The Labute approximate surface area is 147 Å². The Hall–Kier alpha value is -2.88. The van der Waals surface area contributed by atoms with Crippen molar-refractivity contribution in [3.63, 3.8) is 0 Å². The SMILES string of the molecule is OB(O)c1cc(-c2ccccc2)cc2cc(-c3ccccc3)ccc12. The van der Waals surface area contributed by atoms with Gasteiger partial charge in [0.15, 0.2) is 0 Å². The molecule has 2 N–H and O–H groups in total. The lowest BCUT2D eigenvalue weighted by atomic mass is 9.75. The van der Waals surface area contributed by atoms with E-state index in [1.54, 1.807) is 0 Å². The summed E-state index contributed by atoms with van der Waals surface area (Å²) in [6.45, 7) is 0. The summed E-state index contributed by atoms with van der Waals surface area (Å²) in [6.07, 6.45) is 0. The fourth-order valence-electron chi connectivity index (χ4n) is 3.22. The highest BCUT2D eigenvalue weighted by molar-refractivity contribution is 6.62. The molecule has 4 aromatic rings. The molecule has 3 heteroatoms. The van der Waals surface area contributed by atoms with Crippen molar-refractivity contribution in [2.24, 2.45) is 0 Å². The van der Waals surface area contributed by atoms with E-state index in [0.717, 1.165) is 33.0 Å². The zero-order valence-electron chi connectivity index (χ0n) is 13.6. The summed E-state index contributed by atoms with van der Waals surface area (Å²) in [5, 5.41) is 21.5. The molecule has 0 spiro atoms. The summed E-state index contributed by atoms with van der Waals surface area (Å²) in [5.41, 5.74) is 4.80. The third kappa shape index (κ3) is 3.08. The highest BCUT2D eigenvalue weighted by Crippen LogP contribution is 2.27. The molecule has 0 saturated carbocycles. The van der Waals surface area contributed by atoms with Crippen LogP contribution in [0.15, 0.2) is 91.0 Å². The zero-order chi connectivity index (χ0) is 17.2. The van der Waals surface area contributed by atoms with Crippen molar-refractivity contribution in [1.82, 2.24) is 0 Å². The van der Waals surface area contributed by atoms with Crippen molar-refractivity contribution in [3.8, 4) is 22.3 Å². The van der Waals surface area contributed by atoms with Gasteiger partial charge in [-0.15, -0.1) is 0 Å². The van der Waals surface area contributed by atoms with Crippen LogP contribution in [0.1, 0.15) is 0 Å². The number of fused-ring (bicyclic) bond motifs is 1. The van der Waals surface area contributed by atoms with Crippen molar-refractivity contribution >= 4 is 23.4 Å². The first-order valence-corrected chi connectivity index (χ1v) is 8.27. The summed E-state index contributed by atoms with van der Waals surface area (Å²) in [5.74, 6) is 0. The molecular formula is C22H17BO2. The Morgan fingerprint density at radius 2 is 1.08 bits per heavy atom. The number of hydrogen-bond donors (Lipinski definition) is 2. The van der Waals surface area contributed by atoms with Crippen molar-refractivity contribution in [1.29, 1.82) is 0 Å².